The first-order valence-electron chi connectivity index (χ1n) is 8.97. The average Bonchev–Trinajstić information content (AvgIpc) is 3.40. The molecule has 1 aromatic rings. The van der Waals surface area contributed by atoms with Crippen molar-refractivity contribution in [1.82, 2.24) is 15.6 Å². The van der Waals surface area contributed by atoms with E-state index in [2.05, 4.69) is 41.4 Å². The Hall–Kier alpha value is -1.09. The zero-order valence-electron chi connectivity index (χ0n) is 16.5. The lowest BCUT2D eigenvalue weighted by molar-refractivity contribution is 0.0205. The number of hydrogen-bond acceptors (Lipinski definition) is 4. The molecule has 1 fully saturated rings. The summed E-state index contributed by atoms with van der Waals surface area (Å²) in [5.74, 6) is 2.19. The Bertz CT molecular complexity index is 554. The molecule has 7 heteroatoms. The normalized spacial score (nSPS) is 15.8. The van der Waals surface area contributed by atoms with Gasteiger partial charge in [0.05, 0.1) is 12.7 Å². The zero-order valence-corrected chi connectivity index (χ0v) is 18.9. The third-order valence-electron chi connectivity index (χ3n) is 4.35. The summed E-state index contributed by atoms with van der Waals surface area (Å²) in [5, 5.41) is 6.62. The van der Waals surface area contributed by atoms with Crippen LogP contribution in [-0.2, 0) is 11.3 Å². The summed E-state index contributed by atoms with van der Waals surface area (Å²) < 4.78 is 11.2. The lowest BCUT2D eigenvalue weighted by Crippen LogP contribution is -2.45. The van der Waals surface area contributed by atoms with Crippen LogP contribution in [0.4, 0.5) is 0 Å². The van der Waals surface area contributed by atoms with E-state index in [1.54, 1.807) is 14.2 Å². The lowest BCUT2D eigenvalue weighted by Gasteiger charge is -2.30. The number of aromatic nitrogens is 1. The van der Waals surface area contributed by atoms with Crippen molar-refractivity contribution in [1.29, 1.82) is 0 Å². The summed E-state index contributed by atoms with van der Waals surface area (Å²) in [4.78, 5) is 8.62. The van der Waals surface area contributed by atoms with Crippen molar-refractivity contribution in [2.75, 3.05) is 27.3 Å². The van der Waals surface area contributed by atoms with Gasteiger partial charge in [-0.05, 0) is 29.7 Å². The molecule has 1 saturated carbocycles. The van der Waals surface area contributed by atoms with E-state index in [4.69, 9.17) is 9.47 Å². The maximum atomic E-state index is 5.66. The number of methoxy groups -OCH3 is 1. The Morgan fingerprint density at radius 1 is 1.31 bits per heavy atom. The van der Waals surface area contributed by atoms with Crippen LogP contribution < -0.4 is 15.4 Å². The molecule has 1 heterocycles. The maximum Gasteiger partial charge on any atom is 0.213 e. The van der Waals surface area contributed by atoms with Crippen LogP contribution in [-0.4, -0.2) is 44.4 Å². The Kier molecular flexibility index (Phi) is 9.63. The summed E-state index contributed by atoms with van der Waals surface area (Å²) in [5.41, 5.74) is 1.15. The lowest BCUT2D eigenvalue weighted by atomic mass is 9.89. The van der Waals surface area contributed by atoms with Crippen LogP contribution in [0.5, 0.6) is 5.88 Å². The number of ether oxygens (including phenoxy) is 2. The highest BCUT2D eigenvalue weighted by atomic mass is 127. The van der Waals surface area contributed by atoms with Gasteiger partial charge in [0.15, 0.2) is 5.96 Å². The summed E-state index contributed by atoms with van der Waals surface area (Å²) in [6, 6.07) is 3.96. The van der Waals surface area contributed by atoms with Gasteiger partial charge in [-0.1, -0.05) is 26.8 Å². The fraction of sp³-hybridized carbons (Fsp3) is 0.684. The van der Waals surface area contributed by atoms with Crippen molar-refractivity contribution in [3.8, 4) is 5.88 Å². The molecule has 6 nitrogen and oxygen atoms in total. The molecule has 2 N–H and O–H groups in total. The molecule has 26 heavy (non-hydrogen) atoms. The SMILES string of the molecule is CN=C(NCc1ccc(OCC2CC2)nc1)NCC(OC)C(C)(C)C.I. The van der Waals surface area contributed by atoms with Crippen LogP contribution in [0.25, 0.3) is 0 Å². The van der Waals surface area contributed by atoms with Gasteiger partial charge in [0.2, 0.25) is 5.88 Å². The Labute approximate surface area is 174 Å². The highest BCUT2D eigenvalue weighted by Crippen LogP contribution is 2.29. The summed E-state index contributed by atoms with van der Waals surface area (Å²) in [6.45, 7) is 8.64. The molecule has 1 aliphatic carbocycles. The van der Waals surface area contributed by atoms with Crippen LogP contribution in [0.15, 0.2) is 23.3 Å². The van der Waals surface area contributed by atoms with Crippen molar-refractivity contribution >= 4 is 29.9 Å². The van der Waals surface area contributed by atoms with Crippen molar-refractivity contribution in [2.24, 2.45) is 16.3 Å². The third-order valence-corrected chi connectivity index (χ3v) is 4.35. The fourth-order valence-corrected chi connectivity index (χ4v) is 2.43. The molecular weight excluding hydrogens is 443 g/mol. The van der Waals surface area contributed by atoms with Crippen LogP contribution in [0.1, 0.15) is 39.2 Å². The van der Waals surface area contributed by atoms with Crippen LogP contribution in [0, 0.1) is 11.3 Å². The molecule has 0 aromatic carbocycles. The van der Waals surface area contributed by atoms with E-state index in [1.807, 2.05) is 18.3 Å². The minimum absolute atomic E-state index is 0. The average molecular weight is 476 g/mol. The number of nitrogens with one attached hydrogen (secondary N) is 2. The second kappa shape index (κ2) is 10.9. The number of pyridine rings is 1. The third kappa shape index (κ3) is 8.07. The first-order valence-corrected chi connectivity index (χ1v) is 8.97. The molecule has 0 bridgehead atoms. The number of aliphatic imine (C=N–C) groups is 1. The fourth-order valence-electron chi connectivity index (χ4n) is 2.43. The molecule has 2 rings (SSSR count). The largest absolute Gasteiger partial charge is 0.477 e. The minimum atomic E-state index is 0. The molecule has 0 saturated heterocycles. The molecule has 1 aliphatic rings. The van der Waals surface area contributed by atoms with E-state index in [1.165, 1.54) is 12.8 Å². The Morgan fingerprint density at radius 2 is 2.04 bits per heavy atom. The molecule has 1 aromatic heterocycles. The molecule has 1 atom stereocenters. The smallest absolute Gasteiger partial charge is 0.213 e. The molecule has 0 radical (unpaired) electrons. The van der Waals surface area contributed by atoms with Crippen LogP contribution in [0.2, 0.25) is 0 Å². The number of nitrogens with zero attached hydrogens (tertiary/aromatic N) is 2. The number of hydrogen-bond donors (Lipinski definition) is 2. The van der Waals surface area contributed by atoms with E-state index in [9.17, 15) is 0 Å². The summed E-state index contributed by atoms with van der Waals surface area (Å²) in [7, 11) is 3.51. The Morgan fingerprint density at radius 3 is 2.54 bits per heavy atom. The predicted molar refractivity (Wildman–Crippen MR) is 116 cm³/mol. The van der Waals surface area contributed by atoms with E-state index < -0.39 is 0 Å². The molecule has 0 spiro atoms. The minimum Gasteiger partial charge on any atom is -0.477 e. The van der Waals surface area contributed by atoms with Gasteiger partial charge in [0, 0.05) is 39.5 Å². The molecule has 148 valence electrons. The van der Waals surface area contributed by atoms with E-state index in [0.717, 1.165) is 24.0 Å². The van der Waals surface area contributed by atoms with Crippen molar-refractivity contribution < 1.29 is 9.47 Å². The molecule has 0 aliphatic heterocycles. The van der Waals surface area contributed by atoms with E-state index in [-0.39, 0.29) is 35.5 Å². The summed E-state index contributed by atoms with van der Waals surface area (Å²) >= 11 is 0. The van der Waals surface area contributed by atoms with Gasteiger partial charge in [0.25, 0.3) is 0 Å². The van der Waals surface area contributed by atoms with Crippen molar-refractivity contribution in [2.45, 2.75) is 46.3 Å². The maximum absolute atomic E-state index is 5.66. The number of rotatable bonds is 8. The van der Waals surface area contributed by atoms with E-state index in [0.29, 0.717) is 19.0 Å². The van der Waals surface area contributed by atoms with Crippen molar-refractivity contribution in [3.05, 3.63) is 23.9 Å². The van der Waals surface area contributed by atoms with Gasteiger partial charge in [0.1, 0.15) is 0 Å². The molecule has 0 amide bonds. The first kappa shape index (κ1) is 23.0. The predicted octanol–water partition coefficient (Wildman–Crippen LogP) is 3.21. The quantitative estimate of drug-likeness (QED) is 0.343. The zero-order chi connectivity index (χ0) is 18.3. The second-order valence-corrected chi connectivity index (χ2v) is 7.66. The monoisotopic (exact) mass is 476 g/mol. The van der Waals surface area contributed by atoms with Crippen molar-refractivity contribution in [3.63, 3.8) is 0 Å². The standard InChI is InChI=1S/C19H32N4O2.HI/c1-19(2,3)16(24-5)12-23-18(20-4)22-11-15-8-9-17(21-10-15)25-13-14-6-7-14;/h8-10,14,16H,6-7,11-13H2,1-5H3,(H2,20,22,23);1H. The highest BCUT2D eigenvalue weighted by Gasteiger charge is 2.24. The summed E-state index contributed by atoms with van der Waals surface area (Å²) in [6.07, 6.45) is 4.52. The van der Waals surface area contributed by atoms with Crippen LogP contribution in [0.3, 0.4) is 0 Å². The van der Waals surface area contributed by atoms with Gasteiger partial charge >= 0.3 is 0 Å². The van der Waals surface area contributed by atoms with Gasteiger partial charge in [-0.25, -0.2) is 4.98 Å². The second-order valence-electron chi connectivity index (χ2n) is 7.66. The Balaban J connectivity index is 0.00000338. The molecule has 1 unspecified atom stereocenters. The van der Waals surface area contributed by atoms with Crippen LogP contribution >= 0.6 is 24.0 Å². The van der Waals surface area contributed by atoms with Gasteiger partial charge < -0.3 is 20.1 Å². The topological polar surface area (TPSA) is 67.8 Å². The molecular formula is C19H33IN4O2. The first-order chi connectivity index (χ1) is 11.9. The van der Waals surface area contributed by atoms with Gasteiger partial charge in [-0.2, -0.15) is 0 Å². The van der Waals surface area contributed by atoms with Gasteiger partial charge in [-0.15, -0.1) is 24.0 Å². The van der Waals surface area contributed by atoms with Gasteiger partial charge in [-0.3, -0.25) is 4.99 Å². The number of halogens is 1. The number of guanidine groups is 1. The highest BCUT2D eigenvalue weighted by molar-refractivity contribution is 14.0. The van der Waals surface area contributed by atoms with E-state index >= 15 is 0 Å².